The monoisotopic (exact) mass is 384 g/mol. The van der Waals surface area contributed by atoms with Crippen LogP contribution < -0.4 is 10.6 Å². The largest absolute Gasteiger partial charge is 0.480 e. The third-order valence-electron chi connectivity index (χ3n) is 3.12. The van der Waals surface area contributed by atoms with E-state index in [1.54, 1.807) is 18.2 Å². The van der Waals surface area contributed by atoms with Crippen LogP contribution in [0.15, 0.2) is 22.7 Å². The van der Waals surface area contributed by atoms with Crippen LogP contribution in [0.1, 0.15) is 36.2 Å². The summed E-state index contributed by atoms with van der Waals surface area (Å²) >= 11 is 3.30. The number of hydrogen-bond acceptors (Lipinski definition) is 3. The van der Waals surface area contributed by atoms with Crippen molar-refractivity contribution in [3.8, 4) is 0 Å². The van der Waals surface area contributed by atoms with Crippen molar-refractivity contribution in [1.82, 2.24) is 10.6 Å². The molecule has 1 rings (SSSR count). The van der Waals surface area contributed by atoms with E-state index in [4.69, 9.17) is 5.11 Å². The van der Waals surface area contributed by atoms with E-state index in [-0.39, 0.29) is 12.5 Å². The highest BCUT2D eigenvalue weighted by molar-refractivity contribution is 9.10. The minimum atomic E-state index is -1.08. The van der Waals surface area contributed by atoms with Gasteiger partial charge in [0.05, 0.1) is 12.1 Å². The van der Waals surface area contributed by atoms with Crippen LogP contribution in [0.25, 0.3) is 0 Å². The summed E-state index contributed by atoms with van der Waals surface area (Å²) in [4.78, 5) is 35.0. The maximum Gasteiger partial charge on any atom is 0.326 e. The van der Waals surface area contributed by atoms with Crippen molar-refractivity contribution < 1.29 is 19.5 Å². The van der Waals surface area contributed by atoms with E-state index in [1.165, 1.54) is 0 Å². The first-order valence-electron chi connectivity index (χ1n) is 7.27. The summed E-state index contributed by atoms with van der Waals surface area (Å²) < 4.78 is 0.638. The summed E-state index contributed by atoms with van der Waals surface area (Å²) in [5.74, 6) is -1.88. The molecule has 1 aromatic carbocycles. The van der Waals surface area contributed by atoms with E-state index in [2.05, 4.69) is 26.6 Å². The molecule has 0 fully saturated rings. The number of rotatable bonds is 7. The predicted molar refractivity (Wildman–Crippen MR) is 90.2 cm³/mol. The number of carbonyl (C=O) groups is 3. The van der Waals surface area contributed by atoms with Gasteiger partial charge in [-0.25, -0.2) is 4.79 Å². The molecule has 6 nitrogen and oxygen atoms in total. The van der Waals surface area contributed by atoms with Gasteiger partial charge >= 0.3 is 5.97 Å². The van der Waals surface area contributed by atoms with E-state index in [0.717, 1.165) is 5.56 Å². The quantitative estimate of drug-likeness (QED) is 0.670. The molecule has 0 unspecified atom stereocenters. The topological polar surface area (TPSA) is 95.5 Å². The Kier molecular flexibility index (Phi) is 7.22. The van der Waals surface area contributed by atoms with Gasteiger partial charge < -0.3 is 15.7 Å². The average molecular weight is 385 g/mol. The van der Waals surface area contributed by atoms with Crippen molar-refractivity contribution in [2.45, 2.75) is 33.2 Å². The second-order valence-electron chi connectivity index (χ2n) is 5.75. The molecule has 0 aliphatic heterocycles. The second-order valence-corrected chi connectivity index (χ2v) is 6.61. The van der Waals surface area contributed by atoms with Gasteiger partial charge in [0.2, 0.25) is 5.91 Å². The van der Waals surface area contributed by atoms with Crippen molar-refractivity contribution in [1.29, 1.82) is 0 Å². The Morgan fingerprint density at radius 1 is 1.26 bits per heavy atom. The van der Waals surface area contributed by atoms with Crippen molar-refractivity contribution >= 4 is 33.7 Å². The molecule has 0 saturated carbocycles. The maximum atomic E-state index is 12.0. The van der Waals surface area contributed by atoms with Gasteiger partial charge in [0, 0.05) is 4.47 Å². The highest BCUT2D eigenvalue weighted by atomic mass is 79.9. The number of aryl methyl sites for hydroxylation is 1. The molecule has 0 spiro atoms. The first kappa shape index (κ1) is 19.2. The summed E-state index contributed by atoms with van der Waals surface area (Å²) in [6, 6.07) is 4.30. The highest BCUT2D eigenvalue weighted by Gasteiger charge is 2.21. The summed E-state index contributed by atoms with van der Waals surface area (Å²) in [6.45, 7) is 5.37. The Balaban J connectivity index is 2.58. The van der Waals surface area contributed by atoms with Gasteiger partial charge in [-0.05, 0) is 52.9 Å². The number of halogens is 1. The van der Waals surface area contributed by atoms with Crippen molar-refractivity contribution in [2.24, 2.45) is 5.92 Å². The normalized spacial score (nSPS) is 11.9. The Morgan fingerprint density at radius 2 is 1.91 bits per heavy atom. The third kappa shape index (κ3) is 6.40. The standard InChI is InChI=1S/C16H21BrN2O4/c1-9(2)6-13(16(22)23)19-14(20)8-18-15(21)11-5-4-10(3)7-12(11)17/h4-5,7,9,13H,6,8H2,1-3H3,(H,18,21)(H,19,20)(H,22,23)/t13-/m0/s1. The molecule has 1 atom stereocenters. The van der Waals surface area contributed by atoms with Crippen LogP contribution in [0.4, 0.5) is 0 Å². The van der Waals surface area contributed by atoms with Gasteiger partial charge in [-0.3, -0.25) is 9.59 Å². The minimum absolute atomic E-state index is 0.134. The summed E-state index contributed by atoms with van der Waals surface area (Å²) in [7, 11) is 0. The lowest BCUT2D eigenvalue weighted by molar-refractivity contribution is -0.142. The molecular weight excluding hydrogens is 364 g/mol. The average Bonchev–Trinajstić information content (AvgIpc) is 2.43. The van der Waals surface area contributed by atoms with Crippen LogP contribution in [0.2, 0.25) is 0 Å². The smallest absolute Gasteiger partial charge is 0.326 e. The van der Waals surface area contributed by atoms with Gasteiger partial charge in [-0.2, -0.15) is 0 Å². The molecule has 0 bridgehead atoms. The number of nitrogens with one attached hydrogen (secondary N) is 2. The molecule has 3 N–H and O–H groups in total. The van der Waals surface area contributed by atoms with E-state index in [9.17, 15) is 14.4 Å². The van der Waals surface area contributed by atoms with Crippen LogP contribution in [0.5, 0.6) is 0 Å². The minimum Gasteiger partial charge on any atom is -0.480 e. The van der Waals surface area contributed by atoms with Crippen LogP contribution >= 0.6 is 15.9 Å². The van der Waals surface area contributed by atoms with Gasteiger partial charge in [0.25, 0.3) is 5.91 Å². The molecule has 0 aromatic heterocycles. The fraction of sp³-hybridized carbons (Fsp3) is 0.438. The number of aliphatic carboxylic acids is 1. The zero-order valence-corrected chi connectivity index (χ0v) is 14.9. The van der Waals surface area contributed by atoms with E-state index in [1.807, 2.05) is 20.8 Å². The molecule has 0 radical (unpaired) electrons. The summed E-state index contributed by atoms with van der Waals surface area (Å²) in [6.07, 6.45) is 0.332. The van der Waals surface area contributed by atoms with Crippen LogP contribution in [0, 0.1) is 12.8 Å². The lowest BCUT2D eigenvalue weighted by Gasteiger charge is -2.16. The van der Waals surface area contributed by atoms with Crippen molar-refractivity contribution in [2.75, 3.05) is 6.54 Å². The molecule has 0 aliphatic carbocycles. The Hall–Kier alpha value is -1.89. The molecule has 23 heavy (non-hydrogen) atoms. The Morgan fingerprint density at radius 3 is 2.43 bits per heavy atom. The molecule has 0 aliphatic rings. The Labute approximate surface area is 143 Å². The summed E-state index contributed by atoms with van der Waals surface area (Å²) in [5.41, 5.74) is 1.42. The van der Waals surface area contributed by atoms with Crippen LogP contribution in [-0.4, -0.2) is 35.5 Å². The first-order chi connectivity index (χ1) is 10.7. The highest BCUT2D eigenvalue weighted by Crippen LogP contribution is 2.18. The molecule has 7 heteroatoms. The van der Waals surface area contributed by atoms with Gasteiger partial charge in [-0.15, -0.1) is 0 Å². The van der Waals surface area contributed by atoms with E-state index < -0.39 is 23.8 Å². The fourth-order valence-corrected chi connectivity index (χ4v) is 2.67. The number of carboxylic acid groups (broad SMARTS) is 1. The molecule has 126 valence electrons. The number of carbonyl (C=O) groups excluding carboxylic acids is 2. The molecule has 0 heterocycles. The fourth-order valence-electron chi connectivity index (χ4n) is 2.00. The number of hydrogen-bond donors (Lipinski definition) is 3. The SMILES string of the molecule is Cc1ccc(C(=O)NCC(=O)N[C@@H](CC(C)C)C(=O)O)c(Br)c1. The first-order valence-corrected chi connectivity index (χ1v) is 8.06. The zero-order valence-electron chi connectivity index (χ0n) is 13.4. The number of benzene rings is 1. The van der Waals surface area contributed by atoms with E-state index in [0.29, 0.717) is 16.5 Å². The zero-order chi connectivity index (χ0) is 17.6. The molecule has 2 amide bonds. The second kappa shape index (κ2) is 8.67. The lowest BCUT2D eigenvalue weighted by atomic mass is 10.0. The van der Waals surface area contributed by atoms with Gasteiger partial charge in [0.1, 0.15) is 6.04 Å². The Bertz CT molecular complexity index is 602. The van der Waals surface area contributed by atoms with Crippen LogP contribution in [-0.2, 0) is 9.59 Å². The lowest BCUT2D eigenvalue weighted by Crippen LogP contribution is -2.46. The molecule has 1 aromatic rings. The molecular formula is C16H21BrN2O4. The van der Waals surface area contributed by atoms with Gasteiger partial charge in [0.15, 0.2) is 0 Å². The van der Waals surface area contributed by atoms with Crippen molar-refractivity contribution in [3.63, 3.8) is 0 Å². The van der Waals surface area contributed by atoms with Crippen LogP contribution in [0.3, 0.4) is 0 Å². The third-order valence-corrected chi connectivity index (χ3v) is 3.78. The number of amides is 2. The van der Waals surface area contributed by atoms with Crippen molar-refractivity contribution in [3.05, 3.63) is 33.8 Å². The van der Waals surface area contributed by atoms with E-state index >= 15 is 0 Å². The maximum absolute atomic E-state index is 12.0. The molecule has 0 saturated heterocycles. The predicted octanol–water partition coefficient (Wildman–Crippen LogP) is 2.10. The van der Waals surface area contributed by atoms with Gasteiger partial charge in [-0.1, -0.05) is 19.9 Å². The number of carboxylic acids is 1. The summed E-state index contributed by atoms with van der Waals surface area (Å²) in [5, 5.41) is 14.0.